The molecule has 0 aromatic heterocycles. The summed E-state index contributed by atoms with van der Waals surface area (Å²) in [6, 6.07) is 11.5. The second kappa shape index (κ2) is 12.3. The van der Waals surface area contributed by atoms with Gasteiger partial charge in [-0.1, -0.05) is 35.3 Å². The van der Waals surface area contributed by atoms with Gasteiger partial charge in [0.2, 0.25) is 5.91 Å². The Bertz CT molecular complexity index is 1130. The summed E-state index contributed by atoms with van der Waals surface area (Å²) in [5, 5.41) is 1.10. The molecule has 3 aliphatic rings. The lowest BCUT2D eigenvalue weighted by Crippen LogP contribution is -2.49. The van der Waals surface area contributed by atoms with Crippen molar-refractivity contribution in [2.75, 3.05) is 59.2 Å². The Morgan fingerprint density at radius 3 is 2.21 bits per heavy atom. The van der Waals surface area contributed by atoms with E-state index in [2.05, 4.69) is 0 Å². The number of amides is 2. The molecule has 3 aliphatic heterocycles. The van der Waals surface area contributed by atoms with E-state index >= 15 is 0 Å². The molecule has 5 rings (SSSR count). The Morgan fingerprint density at radius 2 is 1.58 bits per heavy atom. The minimum Gasteiger partial charge on any atom is -0.381 e. The number of likely N-dealkylation sites (tertiary alicyclic amines) is 1. The monoisotopic (exact) mass is 561 g/mol. The second-order valence-electron chi connectivity index (χ2n) is 10.4. The minimum atomic E-state index is -0.363. The molecule has 2 amide bonds. The summed E-state index contributed by atoms with van der Waals surface area (Å²) >= 11 is 13.4. The number of carbonyl (C=O) groups is 2. The van der Waals surface area contributed by atoms with Crippen LogP contribution in [-0.4, -0.2) is 91.7 Å². The Morgan fingerprint density at radius 1 is 0.921 bits per heavy atom. The van der Waals surface area contributed by atoms with Gasteiger partial charge in [-0.2, -0.15) is 0 Å². The minimum absolute atomic E-state index is 0.0149. The second-order valence-corrected chi connectivity index (χ2v) is 11.2. The SMILES string of the molecule is O=C(c1ccc(-c2cc(Cl)c(CC3CCN(C4CCOCC4)C3=O)c(Cl)c2)cc1)N1CCN(CCF)CC1. The van der Waals surface area contributed by atoms with Crippen LogP contribution >= 0.6 is 23.2 Å². The lowest BCUT2D eigenvalue weighted by atomic mass is 9.95. The van der Waals surface area contributed by atoms with Crippen molar-refractivity contribution in [2.24, 2.45) is 5.92 Å². The number of nitrogens with zero attached hydrogens (tertiary/aromatic N) is 3. The summed E-state index contributed by atoms with van der Waals surface area (Å²) in [6.45, 7) is 4.85. The average molecular weight is 563 g/mol. The predicted molar refractivity (Wildman–Crippen MR) is 148 cm³/mol. The normalized spacial score (nSPS) is 21.3. The van der Waals surface area contributed by atoms with Crippen LogP contribution in [0.5, 0.6) is 0 Å². The molecule has 3 fully saturated rings. The fourth-order valence-corrected chi connectivity index (χ4v) is 6.45. The van der Waals surface area contributed by atoms with Gasteiger partial charge in [-0.3, -0.25) is 14.5 Å². The van der Waals surface area contributed by atoms with Gasteiger partial charge >= 0.3 is 0 Å². The Balaban J connectivity index is 1.23. The fourth-order valence-electron chi connectivity index (χ4n) is 5.80. The zero-order valence-corrected chi connectivity index (χ0v) is 23.0. The van der Waals surface area contributed by atoms with Crippen molar-refractivity contribution >= 4 is 35.0 Å². The third kappa shape index (κ3) is 6.01. The first-order chi connectivity index (χ1) is 18.4. The summed E-state index contributed by atoms with van der Waals surface area (Å²) in [6.07, 6.45) is 3.14. The molecule has 1 atom stereocenters. The first kappa shape index (κ1) is 27.4. The average Bonchev–Trinajstić information content (AvgIpc) is 3.31. The van der Waals surface area contributed by atoms with Crippen LogP contribution in [0.15, 0.2) is 36.4 Å². The zero-order valence-electron chi connectivity index (χ0n) is 21.5. The molecule has 0 radical (unpaired) electrons. The van der Waals surface area contributed by atoms with Crippen LogP contribution in [0.4, 0.5) is 4.39 Å². The van der Waals surface area contributed by atoms with E-state index in [1.54, 1.807) is 0 Å². The molecular formula is C29H34Cl2FN3O3. The number of ether oxygens (including phenoxy) is 1. The number of benzene rings is 2. The van der Waals surface area contributed by atoms with Crippen LogP contribution in [0.1, 0.15) is 35.2 Å². The van der Waals surface area contributed by atoms with Crippen LogP contribution in [0.2, 0.25) is 10.0 Å². The maximum atomic E-state index is 13.1. The van der Waals surface area contributed by atoms with Gasteiger partial charge in [0.1, 0.15) is 6.67 Å². The summed E-state index contributed by atoms with van der Waals surface area (Å²) < 4.78 is 18.0. The first-order valence-electron chi connectivity index (χ1n) is 13.5. The molecule has 0 aliphatic carbocycles. The number of halogens is 3. The number of alkyl halides is 1. The molecule has 0 N–H and O–H groups in total. The molecular weight excluding hydrogens is 528 g/mol. The maximum absolute atomic E-state index is 13.1. The van der Waals surface area contributed by atoms with Gasteiger partial charge in [0.15, 0.2) is 0 Å². The van der Waals surface area contributed by atoms with Crippen molar-refractivity contribution in [2.45, 2.75) is 31.7 Å². The fraction of sp³-hybridized carbons (Fsp3) is 0.517. The van der Waals surface area contributed by atoms with Crippen LogP contribution < -0.4 is 0 Å². The highest BCUT2D eigenvalue weighted by Crippen LogP contribution is 2.36. The van der Waals surface area contributed by atoms with Gasteiger partial charge in [-0.05, 0) is 66.6 Å². The van der Waals surface area contributed by atoms with E-state index in [1.165, 1.54) is 0 Å². The molecule has 204 valence electrons. The van der Waals surface area contributed by atoms with Gasteiger partial charge in [0, 0.05) is 80.1 Å². The Kier molecular flexibility index (Phi) is 8.88. The number of hydrogen-bond donors (Lipinski definition) is 0. The molecule has 2 aromatic carbocycles. The number of carbonyl (C=O) groups excluding carboxylic acids is 2. The van der Waals surface area contributed by atoms with Crippen LogP contribution in [0.3, 0.4) is 0 Å². The highest BCUT2D eigenvalue weighted by molar-refractivity contribution is 6.36. The van der Waals surface area contributed by atoms with E-state index in [0.717, 1.165) is 42.5 Å². The predicted octanol–water partition coefficient (Wildman–Crippen LogP) is 4.96. The highest BCUT2D eigenvalue weighted by Gasteiger charge is 2.37. The number of hydrogen-bond acceptors (Lipinski definition) is 4. The molecule has 1 unspecified atom stereocenters. The molecule has 2 aromatic rings. The standard InChI is InChI=1S/C29H34Cl2FN3O3/c30-26-18-23(20-1-3-21(4-2-20)28(36)34-13-11-33(10-8-32)12-14-34)19-27(31)25(26)17-22-5-9-35(29(22)37)24-6-15-38-16-7-24/h1-4,18-19,22,24H,5-17H2. The van der Waals surface area contributed by atoms with Gasteiger partial charge in [0.05, 0.1) is 0 Å². The van der Waals surface area contributed by atoms with Crippen molar-refractivity contribution in [3.63, 3.8) is 0 Å². The van der Waals surface area contributed by atoms with Crippen molar-refractivity contribution in [1.29, 1.82) is 0 Å². The molecule has 6 nitrogen and oxygen atoms in total. The number of rotatable bonds is 7. The van der Waals surface area contributed by atoms with Gasteiger partial charge in [0.25, 0.3) is 5.91 Å². The molecule has 3 heterocycles. The van der Waals surface area contributed by atoms with E-state index in [0.29, 0.717) is 68.0 Å². The van der Waals surface area contributed by atoms with E-state index in [1.807, 2.05) is 51.1 Å². The van der Waals surface area contributed by atoms with Crippen molar-refractivity contribution in [3.8, 4) is 11.1 Å². The third-order valence-corrected chi connectivity index (χ3v) is 8.77. The van der Waals surface area contributed by atoms with Gasteiger partial charge in [-0.25, -0.2) is 4.39 Å². The molecule has 0 bridgehead atoms. The lowest BCUT2D eigenvalue weighted by molar-refractivity contribution is -0.134. The quantitative estimate of drug-likeness (QED) is 0.479. The molecule has 3 saturated heterocycles. The molecule has 9 heteroatoms. The maximum Gasteiger partial charge on any atom is 0.253 e. The summed E-state index contributed by atoms with van der Waals surface area (Å²) in [7, 11) is 0. The van der Waals surface area contributed by atoms with E-state index < -0.39 is 0 Å². The summed E-state index contributed by atoms with van der Waals surface area (Å²) in [4.78, 5) is 31.9. The van der Waals surface area contributed by atoms with Gasteiger partial charge in [-0.15, -0.1) is 0 Å². The van der Waals surface area contributed by atoms with Gasteiger partial charge < -0.3 is 14.5 Å². The van der Waals surface area contributed by atoms with Crippen molar-refractivity contribution < 1.29 is 18.7 Å². The van der Waals surface area contributed by atoms with Crippen molar-refractivity contribution in [1.82, 2.24) is 14.7 Å². The van der Waals surface area contributed by atoms with E-state index in [9.17, 15) is 14.0 Å². The van der Waals surface area contributed by atoms with E-state index in [4.69, 9.17) is 27.9 Å². The zero-order chi connectivity index (χ0) is 26.6. The lowest BCUT2D eigenvalue weighted by Gasteiger charge is -2.34. The van der Waals surface area contributed by atoms with Crippen molar-refractivity contribution in [3.05, 3.63) is 57.6 Å². The third-order valence-electron chi connectivity index (χ3n) is 8.10. The Hall–Kier alpha value is -2.19. The molecule has 0 spiro atoms. The van der Waals surface area contributed by atoms with Crippen LogP contribution in [0.25, 0.3) is 11.1 Å². The van der Waals surface area contributed by atoms with Crippen LogP contribution in [0, 0.1) is 5.92 Å². The molecule has 38 heavy (non-hydrogen) atoms. The largest absolute Gasteiger partial charge is 0.381 e. The Labute approximate surface area is 233 Å². The van der Waals surface area contributed by atoms with E-state index in [-0.39, 0.29) is 30.4 Å². The molecule has 0 saturated carbocycles. The first-order valence-corrected chi connectivity index (χ1v) is 14.2. The smallest absolute Gasteiger partial charge is 0.253 e. The summed E-state index contributed by atoms with van der Waals surface area (Å²) in [5.74, 6) is 0.0684. The van der Waals surface area contributed by atoms with Crippen LogP contribution in [-0.2, 0) is 16.0 Å². The highest BCUT2D eigenvalue weighted by atomic mass is 35.5. The number of piperazine rings is 1. The topological polar surface area (TPSA) is 53.1 Å². The summed E-state index contributed by atoms with van der Waals surface area (Å²) in [5.41, 5.74) is 3.20.